The number of unbranched alkanes of at least 4 members (excludes halogenated alkanes) is 3. The highest BCUT2D eigenvalue weighted by Crippen LogP contribution is 2.35. The van der Waals surface area contributed by atoms with Crippen LogP contribution in [0.1, 0.15) is 47.9 Å². The van der Waals surface area contributed by atoms with Gasteiger partial charge in [-0.25, -0.2) is 0 Å². The molecule has 4 heteroatoms. The Balaban J connectivity index is 0.00000324. The van der Waals surface area contributed by atoms with Crippen LogP contribution in [0.5, 0.6) is 0 Å². The number of anilines is 2. The molecule has 0 saturated heterocycles. The molecule has 0 spiro atoms. The molecule has 0 bridgehead atoms. The smallest absolute Gasteiger partial charge is 0.0834 e. The van der Waals surface area contributed by atoms with Gasteiger partial charge < -0.3 is 10.2 Å². The van der Waals surface area contributed by atoms with E-state index in [0.29, 0.717) is 0 Å². The van der Waals surface area contributed by atoms with Gasteiger partial charge in [-0.2, -0.15) is 0 Å². The molecule has 0 aliphatic rings. The van der Waals surface area contributed by atoms with Crippen LogP contribution in [0.4, 0.5) is 11.4 Å². The first-order chi connectivity index (χ1) is 8.67. The Labute approximate surface area is 123 Å². The summed E-state index contributed by atoms with van der Waals surface area (Å²) < 4.78 is 1.71. The van der Waals surface area contributed by atoms with Crippen LogP contribution in [-0.4, -0.2) is 19.6 Å². The first kappa shape index (κ1) is 15.6. The van der Waals surface area contributed by atoms with Crippen molar-refractivity contribution in [3.05, 3.63) is 9.02 Å². The van der Waals surface area contributed by atoms with Gasteiger partial charge in [-0.1, -0.05) is 50.6 Å². The molecular weight excluding hydrogens is 260 g/mol. The van der Waals surface area contributed by atoms with E-state index >= 15 is 0 Å². The minimum absolute atomic E-state index is 0. The van der Waals surface area contributed by atoms with Crippen molar-refractivity contribution in [2.45, 2.75) is 46.5 Å². The van der Waals surface area contributed by atoms with Crippen molar-refractivity contribution in [1.29, 1.82) is 0 Å². The van der Waals surface area contributed by atoms with E-state index in [1.54, 1.807) is 0 Å². The Morgan fingerprint density at radius 1 is 1.00 bits per heavy atom. The normalized spacial score (nSPS) is 10.8. The van der Waals surface area contributed by atoms with Crippen molar-refractivity contribution in [2.75, 3.05) is 29.9 Å². The maximum Gasteiger partial charge on any atom is 0.0834 e. The molecule has 0 atom stereocenters. The summed E-state index contributed by atoms with van der Waals surface area (Å²) in [5.74, 6) is 0. The zero-order valence-electron chi connectivity index (χ0n) is 11.7. The number of rotatable bonds is 9. The molecule has 0 heterocycles. The second-order valence-electron chi connectivity index (χ2n) is 4.54. The fourth-order valence-corrected chi connectivity index (χ4v) is 2.75. The largest absolute Gasteiger partial charge is 0.382 e. The molecule has 2 nitrogen and oxygen atoms in total. The fraction of sp³-hybridized carbons (Fsp3) is 0.714. The SMILES string of the molecule is CCCCCCNc1c(N(CC)CC)c(=S)c1=S.[HH]. The summed E-state index contributed by atoms with van der Waals surface area (Å²) in [4.78, 5) is 2.28. The van der Waals surface area contributed by atoms with Crippen molar-refractivity contribution in [2.24, 2.45) is 0 Å². The molecule has 0 aliphatic carbocycles. The third-order valence-corrected chi connectivity index (χ3v) is 4.23. The van der Waals surface area contributed by atoms with E-state index in [0.717, 1.165) is 40.0 Å². The summed E-state index contributed by atoms with van der Waals surface area (Å²) in [6.07, 6.45) is 5.08. The predicted molar refractivity (Wildman–Crippen MR) is 88.8 cm³/mol. The van der Waals surface area contributed by atoms with E-state index in [-0.39, 0.29) is 1.43 Å². The highest BCUT2D eigenvalue weighted by molar-refractivity contribution is 7.74. The van der Waals surface area contributed by atoms with Gasteiger partial charge in [-0.3, -0.25) is 0 Å². The monoisotopic (exact) mass is 286 g/mol. The summed E-state index contributed by atoms with van der Waals surface area (Å²) in [5, 5.41) is 3.47. The lowest BCUT2D eigenvalue weighted by atomic mass is 10.1. The molecule has 0 amide bonds. The minimum atomic E-state index is 0. The van der Waals surface area contributed by atoms with Gasteiger partial charge in [0.25, 0.3) is 0 Å². The Bertz CT molecular complexity index is 435. The van der Waals surface area contributed by atoms with E-state index in [2.05, 4.69) is 31.0 Å². The average Bonchev–Trinajstić information content (AvgIpc) is 2.40. The van der Waals surface area contributed by atoms with Gasteiger partial charge in [0.2, 0.25) is 0 Å². The van der Waals surface area contributed by atoms with E-state index in [4.69, 9.17) is 24.4 Å². The average molecular weight is 287 g/mol. The molecule has 0 unspecified atom stereocenters. The predicted octanol–water partition coefficient (Wildman–Crippen LogP) is 5.11. The lowest BCUT2D eigenvalue weighted by Crippen LogP contribution is -2.25. The van der Waals surface area contributed by atoms with Crippen molar-refractivity contribution >= 4 is 35.8 Å². The molecule has 0 radical (unpaired) electrons. The summed E-state index contributed by atoms with van der Waals surface area (Å²) in [6, 6.07) is 0. The van der Waals surface area contributed by atoms with Gasteiger partial charge in [0.15, 0.2) is 0 Å². The minimum Gasteiger partial charge on any atom is -0.382 e. The number of hydrogen-bond donors (Lipinski definition) is 1. The molecule has 18 heavy (non-hydrogen) atoms. The van der Waals surface area contributed by atoms with E-state index in [9.17, 15) is 0 Å². The molecular formula is C14H26N2S2. The molecule has 0 aromatic heterocycles. The van der Waals surface area contributed by atoms with E-state index in [1.807, 2.05) is 0 Å². The molecule has 1 aromatic carbocycles. The summed E-state index contributed by atoms with van der Waals surface area (Å²) >= 11 is 10.7. The van der Waals surface area contributed by atoms with E-state index in [1.165, 1.54) is 25.7 Å². The number of nitrogens with zero attached hydrogens (tertiary/aromatic N) is 1. The van der Waals surface area contributed by atoms with Crippen molar-refractivity contribution in [1.82, 2.24) is 0 Å². The topological polar surface area (TPSA) is 15.3 Å². The van der Waals surface area contributed by atoms with Crippen LogP contribution in [0, 0.1) is 9.02 Å². The van der Waals surface area contributed by atoms with E-state index < -0.39 is 0 Å². The highest BCUT2D eigenvalue weighted by atomic mass is 32.1. The van der Waals surface area contributed by atoms with Gasteiger partial charge in [0.1, 0.15) is 0 Å². The zero-order chi connectivity index (χ0) is 13.5. The highest BCUT2D eigenvalue weighted by Gasteiger charge is 2.18. The summed E-state index contributed by atoms with van der Waals surface area (Å²) in [5.41, 5.74) is 2.27. The van der Waals surface area contributed by atoms with Gasteiger partial charge in [0, 0.05) is 21.1 Å². The fourth-order valence-electron chi connectivity index (χ4n) is 2.15. The second kappa shape index (κ2) is 7.85. The molecule has 1 N–H and O–H groups in total. The maximum absolute atomic E-state index is 5.35. The van der Waals surface area contributed by atoms with Crippen LogP contribution in [0.25, 0.3) is 0 Å². The molecule has 1 aromatic rings. The quantitative estimate of drug-likeness (QED) is 0.501. The first-order valence-electron chi connectivity index (χ1n) is 6.99. The van der Waals surface area contributed by atoms with Crippen molar-refractivity contribution in [3.8, 4) is 0 Å². The van der Waals surface area contributed by atoms with Crippen LogP contribution in [0.2, 0.25) is 0 Å². The Morgan fingerprint density at radius 3 is 2.22 bits per heavy atom. The van der Waals surface area contributed by atoms with Gasteiger partial charge >= 0.3 is 0 Å². The maximum atomic E-state index is 5.35. The lowest BCUT2D eigenvalue weighted by Gasteiger charge is -2.27. The van der Waals surface area contributed by atoms with Gasteiger partial charge in [-0.05, 0) is 20.3 Å². The lowest BCUT2D eigenvalue weighted by molar-refractivity contribution is 0.684. The molecule has 1 rings (SSSR count). The molecule has 0 aliphatic heterocycles. The van der Waals surface area contributed by atoms with Crippen LogP contribution < -0.4 is 10.2 Å². The summed E-state index contributed by atoms with van der Waals surface area (Å²) in [6.45, 7) is 9.50. The molecule has 0 saturated carbocycles. The standard InChI is InChI=1S/C14H24N2S2.H2/c1-4-7-8-9-10-15-11-12(14(18)13(11)17)16(5-2)6-3;/h15H,4-10H2,1-3H3;1H. The van der Waals surface area contributed by atoms with Crippen molar-refractivity contribution in [3.63, 3.8) is 0 Å². The second-order valence-corrected chi connectivity index (χ2v) is 5.36. The van der Waals surface area contributed by atoms with Crippen LogP contribution >= 0.6 is 24.4 Å². The van der Waals surface area contributed by atoms with Gasteiger partial charge in [0.05, 0.1) is 20.4 Å². The number of nitrogens with one attached hydrogen (secondary N) is 1. The Kier molecular flexibility index (Phi) is 6.79. The third kappa shape index (κ3) is 3.51. The van der Waals surface area contributed by atoms with Crippen molar-refractivity contribution < 1.29 is 1.43 Å². The van der Waals surface area contributed by atoms with Crippen LogP contribution in [-0.2, 0) is 0 Å². The molecule has 0 fully saturated rings. The third-order valence-electron chi connectivity index (χ3n) is 3.30. The first-order valence-corrected chi connectivity index (χ1v) is 7.81. The Hall–Kier alpha value is -0.480. The van der Waals surface area contributed by atoms with Gasteiger partial charge in [-0.15, -0.1) is 0 Å². The van der Waals surface area contributed by atoms with Crippen LogP contribution in [0.15, 0.2) is 0 Å². The van der Waals surface area contributed by atoms with Crippen LogP contribution in [0.3, 0.4) is 0 Å². The molecule has 104 valence electrons. The number of hydrogen-bond acceptors (Lipinski definition) is 4. The zero-order valence-corrected chi connectivity index (χ0v) is 13.3. The summed E-state index contributed by atoms with van der Waals surface area (Å²) in [7, 11) is 0. The Morgan fingerprint density at radius 2 is 1.67 bits per heavy atom.